The average molecular weight is 317 g/mol. The Hall–Kier alpha value is -1.92. The van der Waals surface area contributed by atoms with E-state index in [2.05, 4.69) is 5.16 Å². The highest BCUT2D eigenvalue weighted by molar-refractivity contribution is 5.99. The van der Waals surface area contributed by atoms with Crippen LogP contribution < -0.4 is 0 Å². The maximum atomic E-state index is 12.7. The van der Waals surface area contributed by atoms with Crippen LogP contribution >= 0.6 is 0 Å². The number of rotatable bonds is 4. The summed E-state index contributed by atoms with van der Waals surface area (Å²) in [7, 11) is 0. The Morgan fingerprint density at radius 2 is 2.13 bits per heavy atom. The van der Waals surface area contributed by atoms with Crippen molar-refractivity contribution in [1.29, 1.82) is 0 Å². The Kier molecular flexibility index (Phi) is 3.90. The number of aliphatic hydroxyl groups is 1. The zero-order valence-corrected chi connectivity index (χ0v) is 14.1. The summed E-state index contributed by atoms with van der Waals surface area (Å²) in [6.07, 6.45) is 0.706. The Morgan fingerprint density at radius 1 is 1.39 bits per heavy atom. The van der Waals surface area contributed by atoms with Gasteiger partial charge in [0, 0.05) is 36.1 Å². The monoisotopic (exact) mass is 317 g/mol. The van der Waals surface area contributed by atoms with E-state index >= 15 is 0 Å². The van der Waals surface area contributed by atoms with Crippen LogP contribution in [-0.2, 0) is 0 Å². The summed E-state index contributed by atoms with van der Waals surface area (Å²) < 4.78 is 7.07. The molecule has 0 spiro atoms. The van der Waals surface area contributed by atoms with Crippen LogP contribution in [0.3, 0.4) is 0 Å². The number of nitrogens with zero attached hydrogens (tertiary/aromatic N) is 3. The van der Waals surface area contributed by atoms with E-state index in [0.29, 0.717) is 30.9 Å². The molecule has 6 nitrogen and oxygen atoms in total. The van der Waals surface area contributed by atoms with Gasteiger partial charge in [-0.15, -0.1) is 0 Å². The van der Waals surface area contributed by atoms with Gasteiger partial charge in [-0.1, -0.05) is 5.16 Å². The van der Waals surface area contributed by atoms with Crippen molar-refractivity contribution >= 4 is 5.78 Å². The third-order valence-corrected chi connectivity index (χ3v) is 4.47. The number of Topliss-reactive ketones (excluding diaryl/α,β-unsaturated/α-hetero) is 1. The lowest BCUT2D eigenvalue weighted by molar-refractivity contribution is 0.0669. The summed E-state index contributed by atoms with van der Waals surface area (Å²) in [5, 5.41) is 14.1. The molecule has 0 bridgehead atoms. The Balaban J connectivity index is 1.82. The first-order chi connectivity index (χ1) is 10.8. The predicted molar refractivity (Wildman–Crippen MR) is 86.1 cm³/mol. The lowest BCUT2D eigenvalue weighted by atomic mass is 10.1. The minimum Gasteiger partial charge on any atom is -0.389 e. The van der Waals surface area contributed by atoms with E-state index in [0.717, 1.165) is 23.7 Å². The normalized spacial score (nSPS) is 22.0. The molecule has 0 aromatic carbocycles. The fourth-order valence-electron chi connectivity index (χ4n) is 3.32. The Labute approximate surface area is 135 Å². The van der Waals surface area contributed by atoms with E-state index in [1.165, 1.54) is 0 Å². The van der Waals surface area contributed by atoms with Crippen molar-refractivity contribution in [3.63, 3.8) is 0 Å². The number of ketones is 1. The number of aryl methyl sites for hydroxylation is 2. The van der Waals surface area contributed by atoms with Gasteiger partial charge in [0.2, 0.25) is 0 Å². The highest BCUT2D eigenvalue weighted by Crippen LogP contribution is 2.23. The SMILES string of the molecule is Cc1cc(-n2c(C)cc(C(=O)CN3CCC(C)(O)C3)c2C)no1. The van der Waals surface area contributed by atoms with Crippen molar-refractivity contribution < 1.29 is 14.4 Å². The van der Waals surface area contributed by atoms with Gasteiger partial charge >= 0.3 is 0 Å². The van der Waals surface area contributed by atoms with Crippen LogP contribution in [0, 0.1) is 20.8 Å². The van der Waals surface area contributed by atoms with Gasteiger partial charge in [-0.2, -0.15) is 0 Å². The van der Waals surface area contributed by atoms with Gasteiger partial charge in [0.1, 0.15) is 5.76 Å². The second kappa shape index (κ2) is 5.62. The van der Waals surface area contributed by atoms with E-state index < -0.39 is 5.60 Å². The molecule has 0 aliphatic carbocycles. The Morgan fingerprint density at radius 3 is 2.70 bits per heavy atom. The molecule has 1 N–H and O–H groups in total. The minimum atomic E-state index is -0.685. The zero-order valence-electron chi connectivity index (χ0n) is 14.1. The van der Waals surface area contributed by atoms with Gasteiger partial charge in [-0.3, -0.25) is 14.3 Å². The molecule has 0 radical (unpaired) electrons. The number of β-amino-alcohol motifs (C(OH)–C–C–N with tert-alkyl or cyclic N) is 1. The highest BCUT2D eigenvalue weighted by atomic mass is 16.5. The molecule has 1 atom stereocenters. The van der Waals surface area contributed by atoms with E-state index in [4.69, 9.17) is 4.52 Å². The topological polar surface area (TPSA) is 71.5 Å². The predicted octanol–water partition coefficient (Wildman–Crippen LogP) is 2.03. The molecule has 2 aromatic rings. The molecule has 23 heavy (non-hydrogen) atoms. The summed E-state index contributed by atoms with van der Waals surface area (Å²) >= 11 is 0. The smallest absolute Gasteiger partial charge is 0.180 e. The Bertz CT molecular complexity index is 742. The molecule has 6 heteroatoms. The van der Waals surface area contributed by atoms with Crippen molar-refractivity contribution in [2.45, 2.75) is 39.7 Å². The molecule has 3 rings (SSSR count). The van der Waals surface area contributed by atoms with Crippen LogP contribution in [0.2, 0.25) is 0 Å². The van der Waals surface area contributed by atoms with Crippen LogP contribution in [0.4, 0.5) is 0 Å². The summed E-state index contributed by atoms with van der Waals surface area (Å²) in [6.45, 7) is 9.16. The standard InChI is InChI=1S/C17H23N3O3/c1-11-7-14(13(3)20(11)16-8-12(2)23-18-16)15(21)9-19-6-5-17(4,22)10-19/h7-8,22H,5-6,9-10H2,1-4H3. The molecule has 1 aliphatic heterocycles. The maximum Gasteiger partial charge on any atom is 0.180 e. The van der Waals surface area contributed by atoms with Crippen LogP contribution in [0.25, 0.3) is 5.82 Å². The fourth-order valence-corrected chi connectivity index (χ4v) is 3.32. The number of aromatic nitrogens is 2. The van der Waals surface area contributed by atoms with Crippen LogP contribution in [0.5, 0.6) is 0 Å². The molecule has 0 saturated carbocycles. The van der Waals surface area contributed by atoms with Gasteiger partial charge in [0.05, 0.1) is 12.1 Å². The lowest BCUT2D eigenvalue weighted by Gasteiger charge is -2.18. The number of hydrogen-bond donors (Lipinski definition) is 1. The van der Waals surface area contributed by atoms with Crippen molar-refractivity contribution in [3.05, 3.63) is 34.8 Å². The first-order valence-corrected chi connectivity index (χ1v) is 7.87. The van der Waals surface area contributed by atoms with Gasteiger partial charge in [-0.25, -0.2) is 0 Å². The van der Waals surface area contributed by atoms with E-state index in [1.807, 2.05) is 49.3 Å². The van der Waals surface area contributed by atoms with Crippen LogP contribution in [0.1, 0.15) is 40.9 Å². The number of carbonyl (C=O) groups excluding carboxylic acids is 1. The quantitative estimate of drug-likeness (QED) is 0.874. The van der Waals surface area contributed by atoms with Gasteiger partial charge in [-0.05, 0) is 40.2 Å². The van der Waals surface area contributed by atoms with Gasteiger partial charge in [0.15, 0.2) is 11.6 Å². The molecule has 1 saturated heterocycles. The second-order valence-electron chi connectivity index (χ2n) is 6.80. The van der Waals surface area contributed by atoms with Crippen LogP contribution in [-0.4, -0.2) is 50.7 Å². The van der Waals surface area contributed by atoms with E-state index in [9.17, 15) is 9.90 Å². The molecular weight excluding hydrogens is 294 g/mol. The molecule has 1 fully saturated rings. The van der Waals surface area contributed by atoms with E-state index in [-0.39, 0.29) is 5.78 Å². The summed E-state index contributed by atoms with van der Waals surface area (Å²) in [4.78, 5) is 14.7. The second-order valence-corrected chi connectivity index (χ2v) is 6.80. The lowest BCUT2D eigenvalue weighted by Crippen LogP contribution is -2.33. The highest BCUT2D eigenvalue weighted by Gasteiger charge is 2.32. The number of likely N-dealkylation sites (tertiary alicyclic amines) is 1. The maximum absolute atomic E-state index is 12.7. The molecule has 1 unspecified atom stereocenters. The third kappa shape index (κ3) is 3.09. The molecule has 1 aliphatic rings. The van der Waals surface area contributed by atoms with E-state index in [1.54, 1.807) is 0 Å². The fraction of sp³-hybridized carbons (Fsp3) is 0.529. The molecular formula is C17H23N3O3. The van der Waals surface area contributed by atoms with Crippen molar-refractivity contribution in [2.75, 3.05) is 19.6 Å². The third-order valence-electron chi connectivity index (χ3n) is 4.47. The average Bonchev–Trinajstić information content (AvgIpc) is 3.09. The number of carbonyl (C=O) groups is 1. The van der Waals surface area contributed by atoms with Crippen molar-refractivity contribution in [2.24, 2.45) is 0 Å². The summed E-state index contributed by atoms with van der Waals surface area (Å²) in [5.74, 6) is 1.50. The molecule has 0 amide bonds. The largest absolute Gasteiger partial charge is 0.389 e. The van der Waals surface area contributed by atoms with Crippen LogP contribution in [0.15, 0.2) is 16.7 Å². The summed E-state index contributed by atoms with van der Waals surface area (Å²) in [5.41, 5.74) is 1.84. The zero-order chi connectivity index (χ0) is 16.8. The van der Waals surface area contributed by atoms with Crippen molar-refractivity contribution in [1.82, 2.24) is 14.6 Å². The minimum absolute atomic E-state index is 0.0715. The first kappa shape index (κ1) is 16.0. The van der Waals surface area contributed by atoms with Gasteiger partial charge < -0.3 is 9.63 Å². The van der Waals surface area contributed by atoms with Gasteiger partial charge in [0.25, 0.3) is 0 Å². The molecule has 2 aromatic heterocycles. The summed E-state index contributed by atoms with van der Waals surface area (Å²) in [6, 6.07) is 3.75. The number of hydrogen-bond acceptors (Lipinski definition) is 5. The molecule has 3 heterocycles. The molecule has 124 valence electrons. The first-order valence-electron chi connectivity index (χ1n) is 7.87. The van der Waals surface area contributed by atoms with Crippen molar-refractivity contribution in [3.8, 4) is 5.82 Å².